The molecular formula is C16H25NO2. The normalized spacial score (nSPS) is 29.4. The molecular weight excluding hydrogens is 238 g/mol. The van der Waals surface area contributed by atoms with Crippen molar-refractivity contribution in [2.75, 3.05) is 14.1 Å². The standard InChI is InChI=1S/C16H25NO2/c1-16(19)10-5-4-9-14(16)15(17(2)3)12-7-6-8-13(18)11-12/h6-8,11,14-15,18-19H,4-5,9-10H2,1-3H3/t14-,15?,16-/m0/s1. The average molecular weight is 263 g/mol. The van der Waals surface area contributed by atoms with E-state index in [2.05, 4.69) is 4.90 Å². The maximum atomic E-state index is 10.7. The minimum atomic E-state index is -0.626. The van der Waals surface area contributed by atoms with Crippen molar-refractivity contribution in [1.29, 1.82) is 0 Å². The monoisotopic (exact) mass is 263 g/mol. The molecule has 1 saturated carbocycles. The first-order valence-corrected chi connectivity index (χ1v) is 7.09. The van der Waals surface area contributed by atoms with E-state index in [0.717, 1.165) is 24.8 Å². The Morgan fingerprint density at radius 1 is 1.32 bits per heavy atom. The van der Waals surface area contributed by atoms with Gasteiger partial charge in [-0.3, -0.25) is 0 Å². The minimum Gasteiger partial charge on any atom is -0.508 e. The molecule has 0 aromatic heterocycles. The molecule has 1 aliphatic carbocycles. The maximum absolute atomic E-state index is 10.7. The molecule has 0 aliphatic heterocycles. The fourth-order valence-corrected chi connectivity index (χ4v) is 3.44. The summed E-state index contributed by atoms with van der Waals surface area (Å²) < 4.78 is 0. The number of nitrogens with zero attached hydrogens (tertiary/aromatic N) is 1. The van der Waals surface area contributed by atoms with Crippen LogP contribution in [0.5, 0.6) is 5.75 Å². The number of phenols is 1. The van der Waals surface area contributed by atoms with Crippen molar-refractivity contribution in [1.82, 2.24) is 4.90 Å². The minimum absolute atomic E-state index is 0.141. The first kappa shape index (κ1) is 14.4. The van der Waals surface area contributed by atoms with Gasteiger partial charge in [-0.1, -0.05) is 25.0 Å². The molecule has 0 amide bonds. The Bertz CT molecular complexity index is 429. The Labute approximate surface area is 115 Å². The van der Waals surface area contributed by atoms with Crippen LogP contribution in [0.1, 0.15) is 44.2 Å². The van der Waals surface area contributed by atoms with Gasteiger partial charge >= 0.3 is 0 Å². The lowest BCUT2D eigenvalue weighted by Gasteiger charge is -2.44. The van der Waals surface area contributed by atoms with Crippen LogP contribution in [0.15, 0.2) is 24.3 Å². The molecule has 0 bridgehead atoms. The Kier molecular flexibility index (Phi) is 4.16. The molecule has 3 nitrogen and oxygen atoms in total. The predicted molar refractivity (Wildman–Crippen MR) is 77.1 cm³/mol. The van der Waals surface area contributed by atoms with E-state index >= 15 is 0 Å². The van der Waals surface area contributed by atoms with E-state index in [4.69, 9.17) is 0 Å². The van der Waals surface area contributed by atoms with Crippen LogP contribution in [0.25, 0.3) is 0 Å². The summed E-state index contributed by atoms with van der Waals surface area (Å²) >= 11 is 0. The van der Waals surface area contributed by atoms with Crippen LogP contribution in [0.3, 0.4) is 0 Å². The topological polar surface area (TPSA) is 43.7 Å². The van der Waals surface area contributed by atoms with Crippen LogP contribution in [-0.4, -0.2) is 34.8 Å². The molecule has 106 valence electrons. The third kappa shape index (κ3) is 3.10. The molecule has 1 unspecified atom stereocenters. The van der Waals surface area contributed by atoms with Gasteiger partial charge in [-0.15, -0.1) is 0 Å². The Balaban J connectivity index is 2.34. The molecule has 2 N–H and O–H groups in total. The highest BCUT2D eigenvalue weighted by Gasteiger charge is 2.40. The number of rotatable bonds is 3. The summed E-state index contributed by atoms with van der Waals surface area (Å²) in [5, 5.41) is 20.4. The van der Waals surface area contributed by atoms with Crippen LogP contribution in [0.4, 0.5) is 0 Å². The maximum Gasteiger partial charge on any atom is 0.115 e. The summed E-state index contributed by atoms with van der Waals surface area (Å²) in [6.07, 6.45) is 4.17. The van der Waals surface area contributed by atoms with Gasteiger partial charge in [0.1, 0.15) is 5.75 Å². The SMILES string of the molecule is CN(C)C(c1cccc(O)c1)[C@@H]1CCCC[C@]1(C)O. The van der Waals surface area contributed by atoms with Gasteiger partial charge in [0.2, 0.25) is 0 Å². The largest absolute Gasteiger partial charge is 0.508 e. The third-order valence-electron chi connectivity index (χ3n) is 4.40. The smallest absolute Gasteiger partial charge is 0.115 e. The lowest BCUT2D eigenvalue weighted by atomic mass is 9.71. The van der Waals surface area contributed by atoms with Crippen LogP contribution in [-0.2, 0) is 0 Å². The highest BCUT2D eigenvalue weighted by Crippen LogP contribution is 2.43. The zero-order valence-corrected chi connectivity index (χ0v) is 12.1. The Morgan fingerprint density at radius 2 is 2.05 bits per heavy atom. The summed E-state index contributed by atoms with van der Waals surface area (Å²) in [5.41, 5.74) is 0.454. The molecule has 3 atom stereocenters. The van der Waals surface area contributed by atoms with E-state index < -0.39 is 5.60 Å². The van der Waals surface area contributed by atoms with Crippen molar-refractivity contribution in [3.8, 4) is 5.75 Å². The van der Waals surface area contributed by atoms with Gasteiger partial charge in [0.15, 0.2) is 0 Å². The molecule has 2 rings (SSSR count). The molecule has 0 heterocycles. The lowest BCUT2D eigenvalue weighted by molar-refractivity contribution is -0.0631. The van der Waals surface area contributed by atoms with Gasteiger partial charge < -0.3 is 15.1 Å². The lowest BCUT2D eigenvalue weighted by Crippen LogP contribution is -2.44. The second-order valence-electron chi connectivity index (χ2n) is 6.21. The van der Waals surface area contributed by atoms with E-state index in [9.17, 15) is 10.2 Å². The van der Waals surface area contributed by atoms with Gasteiger partial charge in [-0.2, -0.15) is 0 Å². The number of hydrogen-bond donors (Lipinski definition) is 2. The Hall–Kier alpha value is -1.06. The zero-order valence-electron chi connectivity index (χ0n) is 12.1. The van der Waals surface area contributed by atoms with Crippen molar-refractivity contribution >= 4 is 0 Å². The number of hydrogen-bond acceptors (Lipinski definition) is 3. The van der Waals surface area contributed by atoms with Crippen molar-refractivity contribution in [3.05, 3.63) is 29.8 Å². The van der Waals surface area contributed by atoms with Crippen molar-refractivity contribution in [3.63, 3.8) is 0 Å². The zero-order chi connectivity index (χ0) is 14.0. The summed E-state index contributed by atoms with van der Waals surface area (Å²) in [6.45, 7) is 1.95. The van der Waals surface area contributed by atoms with Gasteiger partial charge in [0.05, 0.1) is 5.60 Å². The molecule has 0 radical (unpaired) electrons. The molecule has 3 heteroatoms. The second-order valence-corrected chi connectivity index (χ2v) is 6.21. The highest BCUT2D eigenvalue weighted by atomic mass is 16.3. The van der Waals surface area contributed by atoms with Gasteiger partial charge in [0, 0.05) is 12.0 Å². The fraction of sp³-hybridized carbons (Fsp3) is 0.625. The van der Waals surface area contributed by atoms with Crippen molar-refractivity contribution < 1.29 is 10.2 Å². The number of aliphatic hydroxyl groups is 1. The van der Waals surface area contributed by atoms with E-state index in [1.54, 1.807) is 6.07 Å². The first-order valence-electron chi connectivity index (χ1n) is 7.09. The summed E-state index contributed by atoms with van der Waals surface area (Å²) in [6, 6.07) is 7.56. The Morgan fingerprint density at radius 3 is 2.63 bits per heavy atom. The molecule has 1 fully saturated rings. The van der Waals surface area contributed by atoms with E-state index in [-0.39, 0.29) is 12.0 Å². The molecule has 0 saturated heterocycles. The average Bonchev–Trinajstić information content (AvgIpc) is 2.31. The second kappa shape index (κ2) is 5.51. The summed E-state index contributed by atoms with van der Waals surface area (Å²) in [5.74, 6) is 0.498. The van der Waals surface area contributed by atoms with Gasteiger partial charge in [0.25, 0.3) is 0 Å². The van der Waals surface area contributed by atoms with E-state index in [0.29, 0.717) is 5.75 Å². The highest BCUT2D eigenvalue weighted by molar-refractivity contribution is 5.30. The van der Waals surface area contributed by atoms with Crippen LogP contribution >= 0.6 is 0 Å². The van der Waals surface area contributed by atoms with Crippen LogP contribution in [0, 0.1) is 5.92 Å². The van der Waals surface area contributed by atoms with E-state index in [1.807, 2.05) is 39.2 Å². The quantitative estimate of drug-likeness (QED) is 0.881. The van der Waals surface area contributed by atoms with Crippen molar-refractivity contribution in [2.24, 2.45) is 5.92 Å². The molecule has 0 spiro atoms. The van der Waals surface area contributed by atoms with Gasteiger partial charge in [-0.25, -0.2) is 0 Å². The van der Waals surface area contributed by atoms with Crippen molar-refractivity contribution in [2.45, 2.75) is 44.2 Å². The molecule has 1 aromatic carbocycles. The first-order chi connectivity index (χ1) is 8.92. The van der Waals surface area contributed by atoms with Gasteiger partial charge in [-0.05, 0) is 51.6 Å². The summed E-state index contributed by atoms with van der Waals surface area (Å²) in [4.78, 5) is 2.15. The number of aromatic hydroxyl groups is 1. The van der Waals surface area contributed by atoms with E-state index in [1.165, 1.54) is 6.42 Å². The summed E-state index contributed by atoms with van der Waals surface area (Å²) in [7, 11) is 4.08. The molecule has 19 heavy (non-hydrogen) atoms. The third-order valence-corrected chi connectivity index (χ3v) is 4.40. The van der Waals surface area contributed by atoms with Crippen LogP contribution < -0.4 is 0 Å². The fourth-order valence-electron chi connectivity index (χ4n) is 3.44. The predicted octanol–water partition coefficient (Wildman–Crippen LogP) is 2.94. The molecule has 1 aliphatic rings. The number of benzene rings is 1. The van der Waals surface area contributed by atoms with Crippen LogP contribution in [0.2, 0.25) is 0 Å². The number of phenolic OH excluding ortho intramolecular Hbond substituents is 1. The molecule has 1 aromatic rings.